The fourth-order valence-corrected chi connectivity index (χ4v) is 4.63. The van der Waals surface area contributed by atoms with Crippen LogP contribution in [0.25, 0.3) is 0 Å². The van der Waals surface area contributed by atoms with Crippen molar-refractivity contribution >= 4 is 26.0 Å². The van der Waals surface area contributed by atoms with Gasteiger partial charge in [-0.2, -0.15) is 4.31 Å². The number of halogens is 1. The van der Waals surface area contributed by atoms with E-state index in [1.54, 1.807) is 0 Å². The Morgan fingerprint density at radius 1 is 1.25 bits per heavy atom. The lowest BCUT2D eigenvalue weighted by Crippen LogP contribution is -2.37. The molecule has 0 unspecified atom stereocenters. The van der Waals surface area contributed by atoms with Crippen LogP contribution in [0.3, 0.4) is 0 Å². The first-order valence-electron chi connectivity index (χ1n) is 6.66. The van der Waals surface area contributed by atoms with E-state index in [9.17, 15) is 8.42 Å². The number of rotatable bonds is 7. The molecule has 0 radical (unpaired) electrons. The largest absolute Gasteiger partial charge is 0.452 e. The Morgan fingerprint density at radius 2 is 1.75 bits per heavy atom. The first-order valence-corrected chi connectivity index (χ1v) is 8.90. The Hall–Kier alpha value is -0.370. The van der Waals surface area contributed by atoms with Crippen LogP contribution in [0.15, 0.2) is 20.0 Å². The van der Waals surface area contributed by atoms with Crippen LogP contribution >= 0.6 is 15.9 Å². The molecular formula is C13H23BrN2O3S. The van der Waals surface area contributed by atoms with Gasteiger partial charge in [0.1, 0.15) is 10.7 Å². The second kappa shape index (κ2) is 7.06. The van der Waals surface area contributed by atoms with Crippen molar-refractivity contribution in [2.45, 2.75) is 39.1 Å². The van der Waals surface area contributed by atoms with Crippen LogP contribution in [0.1, 0.15) is 33.5 Å². The first-order chi connectivity index (χ1) is 9.18. The molecule has 0 aliphatic carbocycles. The molecule has 1 aromatic heterocycles. The molecule has 0 aromatic carbocycles. The van der Waals surface area contributed by atoms with Crippen molar-refractivity contribution < 1.29 is 12.8 Å². The number of sulfonamides is 1. The number of hydrogen-bond acceptors (Lipinski definition) is 4. The van der Waals surface area contributed by atoms with E-state index in [-0.39, 0.29) is 27.9 Å². The third-order valence-corrected chi connectivity index (χ3v) is 5.35. The highest BCUT2D eigenvalue weighted by molar-refractivity contribution is 9.10. The summed E-state index contributed by atoms with van der Waals surface area (Å²) in [7, 11) is -3.57. The molecule has 2 N–H and O–H groups in total. The molecule has 0 aliphatic heterocycles. The molecule has 0 fully saturated rings. The van der Waals surface area contributed by atoms with Gasteiger partial charge >= 0.3 is 0 Å². The van der Waals surface area contributed by atoms with Crippen molar-refractivity contribution in [2.24, 2.45) is 17.6 Å². The van der Waals surface area contributed by atoms with E-state index < -0.39 is 10.0 Å². The lowest BCUT2D eigenvalue weighted by atomic mass is 10.2. The molecule has 1 aromatic rings. The van der Waals surface area contributed by atoms with Crippen LogP contribution in [0.4, 0.5) is 0 Å². The van der Waals surface area contributed by atoms with Crippen LogP contribution in [0, 0.1) is 11.8 Å². The summed E-state index contributed by atoms with van der Waals surface area (Å²) in [5.74, 6) is 0.954. The maximum Gasteiger partial charge on any atom is 0.247 e. The van der Waals surface area contributed by atoms with E-state index in [4.69, 9.17) is 10.2 Å². The number of furan rings is 1. The molecule has 1 rings (SSSR count). The molecule has 116 valence electrons. The highest BCUT2D eigenvalue weighted by Crippen LogP contribution is 2.29. The molecule has 0 spiro atoms. The van der Waals surface area contributed by atoms with Gasteiger partial charge in [0.2, 0.25) is 10.0 Å². The average Bonchev–Trinajstić information content (AvgIpc) is 2.69. The summed E-state index contributed by atoms with van der Waals surface area (Å²) in [6.45, 7) is 9.13. The van der Waals surface area contributed by atoms with Gasteiger partial charge in [-0.25, -0.2) is 8.42 Å². The Labute approximate surface area is 129 Å². The third-order valence-electron chi connectivity index (χ3n) is 2.66. The van der Waals surface area contributed by atoms with Gasteiger partial charge in [0.15, 0.2) is 4.67 Å². The first kappa shape index (κ1) is 17.7. The zero-order chi connectivity index (χ0) is 15.5. The molecular weight excluding hydrogens is 344 g/mol. The fraction of sp³-hybridized carbons (Fsp3) is 0.692. The van der Waals surface area contributed by atoms with Crippen LogP contribution in [0.2, 0.25) is 0 Å². The molecule has 5 nitrogen and oxygen atoms in total. The summed E-state index contributed by atoms with van der Waals surface area (Å²) in [6.07, 6.45) is 0. The van der Waals surface area contributed by atoms with Crippen LogP contribution < -0.4 is 5.73 Å². The maximum atomic E-state index is 12.7. The summed E-state index contributed by atoms with van der Waals surface area (Å²) in [4.78, 5) is 0.152. The van der Waals surface area contributed by atoms with E-state index in [0.717, 1.165) is 0 Å². The Bertz CT molecular complexity index is 528. The number of nitrogens with zero attached hydrogens (tertiary/aromatic N) is 1. The molecule has 0 saturated heterocycles. The lowest BCUT2D eigenvalue weighted by molar-refractivity contribution is 0.332. The SMILES string of the molecule is CC(C)CN(CC(C)C)S(=O)(=O)c1cc(CN)oc1Br. The van der Waals surface area contributed by atoms with Gasteiger partial charge in [-0.05, 0) is 27.8 Å². The normalized spacial score (nSPS) is 12.8. The second-order valence-electron chi connectivity index (χ2n) is 5.66. The minimum absolute atomic E-state index is 0.152. The smallest absolute Gasteiger partial charge is 0.247 e. The molecule has 0 atom stereocenters. The van der Waals surface area contributed by atoms with E-state index in [1.807, 2.05) is 27.7 Å². The van der Waals surface area contributed by atoms with Gasteiger partial charge in [-0.3, -0.25) is 0 Å². The Morgan fingerprint density at radius 3 is 2.10 bits per heavy atom. The molecule has 0 saturated carbocycles. The Kier molecular flexibility index (Phi) is 6.25. The third kappa shape index (κ3) is 4.31. The van der Waals surface area contributed by atoms with Crippen LogP contribution in [0.5, 0.6) is 0 Å². The summed E-state index contributed by atoms with van der Waals surface area (Å²) in [6, 6.07) is 1.49. The molecule has 0 aliphatic rings. The lowest BCUT2D eigenvalue weighted by Gasteiger charge is -2.25. The highest BCUT2D eigenvalue weighted by Gasteiger charge is 2.30. The van der Waals surface area contributed by atoms with E-state index in [0.29, 0.717) is 18.8 Å². The van der Waals surface area contributed by atoms with Crippen molar-refractivity contribution in [3.05, 3.63) is 16.5 Å². The van der Waals surface area contributed by atoms with Crippen molar-refractivity contribution in [1.29, 1.82) is 0 Å². The van der Waals surface area contributed by atoms with Crippen LogP contribution in [-0.2, 0) is 16.6 Å². The van der Waals surface area contributed by atoms with Crippen molar-refractivity contribution in [1.82, 2.24) is 4.31 Å². The van der Waals surface area contributed by atoms with Gasteiger partial charge < -0.3 is 10.2 Å². The quantitative estimate of drug-likeness (QED) is 0.804. The zero-order valence-electron chi connectivity index (χ0n) is 12.4. The highest BCUT2D eigenvalue weighted by atomic mass is 79.9. The van der Waals surface area contributed by atoms with E-state index in [2.05, 4.69) is 15.9 Å². The molecule has 0 amide bonds. The molecule has 1 heterocycles. The van der Waals surface area contributed by atoms with Crippen molar-refractivity contribution in [3.8, 4) is 0 Å². The van der Waals surface area contributed by atoms with Gasteiger partial charge in [-0.15, -0.1) is 0 Å². The maximum absolute atomic E-state index is 12.7. The fourth-order valence-electron chi connectivity index (χ4n) is 1.90. The van der Waals surface area contributed by atoms with Crippen molar-refractivity contribution in [2.75, 3.05) is 13.1 Å². The van der Waals surface area contributed by atoms with Gasteiger partial charge in [0.25, 0.3) is 0 Å². The standard InChI is InChI=1S/C13H23BrN2O3S/c1-9(2)7-16(8-10(3)4)20(17,18)12-5-11(6-15)19-13(12)14/h5,9-10H,6-8,15H2,1-4H3. The molecule has 20 heavy (non-hydrogen) atoms. The minimum atomic E-state index is -3.57. The summed E-state index contributed by atoms with van der Waals surface area (Å²) in [5.41, 5.74) is 5.49. The predicted octanol–water partition coefficient (Wildman–Crippen LogP) is 2.80. The monoisotopic (exact) mass is 366 g/mol. The molecule has 7 heteroatoms. The topological polar surface area (TPSA) is 76.5 Å². The minimum Gasteiger partial charge on any atom is -0.452 e. The summed E-state index contributed by atoms with van der Waals surface area (Å²) < 4.78 is 32.5. The number of nitrogens with two attached hydrogens (primary N) is 1. The zero-order valence-corrected chi connectivity index (χ0v) is 14.8. The number of hydrogen-bond donors (Lipinski definition) is 1. The average molecular weight is 367 g/mol. The predicted molar refractivity (Wildman–Crippen MR) is 82.7 cm³/mol. The van der Waals surface area contributed by atoms with Crippen molar-refractivity contribution in [3.63, 3.8) is 0 Å². The van der Waals surface area contributed by atoms with Crippen LogP contribution in [-0.4, -0.2) is 25.8 Å². The summed E-state index contributed by atoms with van der Waals surface area (Å²) in [5, 5.41) is 0. The van der Waals surface area contributed by atoms with E-state index in [1.165, 1.54) is 10.4 Å². The summed E-state index contributed by atoms with van der Waals surface area (Å²) >= 11 is 3.17. The molecule has 0 bridgehead atoms. The second-order valence-corrected chi connectivity index (χ2v) is 8.29. The van der Waals surface area contributed by atoms with Gasteiger partial charge in [0.05, 0.1) is 6.54 Å². The van der Waals surface area contributed by atoms with E-state index >= 15 is 0 Å². The Balaban J connectivity index is 3.17. The van der Waals surface area contributed by atoms with Gasteiger partial charge in [0, 0.05) is 19.2 Å². The van der Waals surface area contributed by atoms with Gasteiger partial charge in [-0.1, -0.05) is 27.7 Å².